The maximum atomic E-state index is 15.1. The minimum Gasteiger partial charge on any atom is -0.369 e. The van der Waals surface area contributed by atoms with E-state index in [0.29, 0.717) is 34.1 Å². The van der Waals surface area contributed by atoms with Gasteiger partial charge in [-0.05, 0) is 31.2 Å². The average Bonchev–Trinajstić information content (AvgIpc) is 3.09. The Morgan fingerprint density at radius 2 is 1.81 bits per heavy atom. The monoisotopic (exact) mass is 570 g/mol. The molecule has 7 nitrogen and oxygen atoms in total. The largest absolute Gasteiger partial charge is 0.369 e. The third-order valence-corrected chi connectivity index (χ3v) is 8.24. The van der Waals surface area contributed by atoms with Crippen molar-refractivity contribution < 1.29 is 26.4 Å². The van der Waals surface area contributed by atoms with Crippen LogP contribution in [0.15, 0.2) is 36.5 Å². The number of carbonyl (C=O) groups is 1. The van der Waals surface area contributed by atoms with Gasteiger partial charge in [-0.2, -0.15) is 0 Å². The Balaban J connectivity index is 1.30. The van der Waals surface area contributed by atoms with Crippen LogP contribution in [0.4, 0.5) is 30.2 Å². The number of nitrogens with one attached hydrogen (secondary N) is 2. The molecule has 196 valence electrons. The molecule has 1 saturated carbocycles. The van der Waals surface area contributed by atoms with E-state index in [4.69, 9.17) is 11.6 Å². The van der Waals surface area contributed by atoms with Crippen LogP contribution in [0.5, 0.6) is 0 Å². The number of alkyl halides is 2. The van der Waals surface area contributed by atoms with Crippen molar-refractivity contribution in [1.29, 1.82) is 0 Å². The average molecular weight is 571 g/mol. The van der Waals surface area contributed by atoms with Crippen molar-refractivity contribution in [3.05, 3.63) is 57.1 Å². The van der Waals surface area contributed by atoms with Crippen LogP contribution in [0.3, 0.4) is 0 Å². The molecule has 0 radical (unpaired) electrons. The molecule has 2 aromatic heterocycles. The standard InChI is InChI=1S/C24H22ClF3N4O3S2/c1-13-18(21-19(26)6-17(8-29-21)32-11-23(12-32)9-24(27,28)10-23)7-20(36-13)22(33)30-15-3-14(25)4-16(5-15)31-37(2,34)35/h3-8,31H,9-12H2,1-2H3,(H,30,33). The molecule has 0 atom stereocenters. The molecular weight excluding hydrogens is 549 g/mol. The second-order valence-corrected chi connectivity index (χ2v) is 13.2. The first-order valence-corrected chi connectivity index (χ1v) is 14.3. The van der Waals surface area contributed by atoms with Crippen LogP contribution in [0.1, 0.15) is 27.4 Å². The van der Waals surface area contributed by atoms with E-state index in [1.807, 2.05) is 4.90 Å². The molecule has 1 saturated heterocycles. The summed E-state index contributed by atoms with van der Waals surface area (Å²) < 4.78 is 66.9. The number of sulfonamides is 1. The Kier molecular flexibility index (Phi) is 6.19. The van der Waals surface area contributed by atoms with Gasteiger partial charge in [-0.25, -0.2) is 21.6 Å². The SMILES string of the molecule is Cc1sc(C(=O)Nc2cc(Cl)cc(NS(C)(=O)=O)c2)cc1-c1ncc(N2CC3(C2)CC(F)(F)C3)cc1F. The molecule has 1 spiro atoms. The molecule has 3 heterocycles. The topological polar surface area (TPSA) is 91.4 Å². The highest BCUT2D eigenvalue weighted by Crippen LogP contribution is 2.57. The number of aromatic nitrogens is 1. The van der Waals surface area contributed by atoms with E-state index in [-0.39, 0.29) is 40.3 Å². The summed E-state index contributed by atoms with van der Waals surface area (Å²) in [6, 6.07) is 7.18. The van der Waals surface area contributed by atoms with Crippen molar-refractivity contribution >= 4 is 55.9 Å². The van der Waals surface area contributed by atoms with Gasteiger partial charge in [0.15, 0.2) is 5.82 Å². The summed E-state index contributed by atoms with van der Waals surface area (Å²) in [5, 5.41) is 2.89. The minimum atomic E-state index is -3.54. The zero-order valence-electron chi connectivity index (χ0n) is 19.7. The number of halogens is 4. The Bertz CT molecular complexity index is 1510. The van der Waals surface area contributed by atoms with Crippen molar-refractivity contribution in [3.63, 3.8) is 0 Å². The fourth-order valence-corrected chi connectivity index (χ4v) is 6.67. The lowest BCUT2D eigenvalue weighted by atomic mass is 9.61. The Labute approximate surface area is 220 Å². The van der Waals surface area contributed by atoms with E-state index in [1.165, 1.54) is 36.5 Å². The van der Waals surface area contributed by atoms with Crippen LogP contribution < -0.4 is 14.9 Å². The lowest BCUT2D eigenvalue weighted by molar-refractivity contribution is -0.170. The summed E-state index contributed by atoms with van der Waals surface area (Å²) in [4.78, 5) is 20.0. The molecule has 5 rings (SSSR count). The van der Waals surface area contributed by atoms with Crippen molar-refractivity contribution in [1.82, 2.24) is 4.98 Å². The summed E-state index contributed by atoms with van der Waals surface area (Å²) in [5.41, 5.74) is 1.18. The number of benzene rings is 1. The summed E-state index contributed by atoms with van der Waals surface area (Å²) in [5.74, 6) is -3.65. The number of anilines is 3. The van der Waals surface area contributed by atoms with Gasteiger partial charge in [0, 0.05) is 58.6 Å². The maximum Gasteiger partial charge on any atom is 0.265 e. The van der Waals surface area contributed by atoms with Crippen LogP contribution in [-0.4, -0.2) is 44.6 Å². The first kappa shape index (κ1) is 25.8. The Morgan fingerprint density at radius 3 is 2.43 bits per heavy atom. The molecule has 13 heteroatoms. The van der Waals surface area contributed by atoms with Gasteiger partial charge in [0.2, 0.25) is 15.9 Å². The molecule has 1 aliphatic carbocycles. The van der Waals surface area contributed by atoms with Gasteiger partial charge in [-0.15, -0.1) is 11.3 Å². The predicted octanol–water partition coefficient (Wildman–Crippen LogP) is 5.77. The van der Waals surface area contributed by atoms with Gasteiger partial charge >= 0.3 is 0 Å². The summed E-state index contributed by atoms with van der Waals surface area (Å²) in [7, 11) is -3.54. The van der Waals surface area contributed by atoms with E-state index in [2.05, 4.69) is 15.0 Å². The highest BCUT2D eigenvalue weighted by atomic mass is 35.5. The summed E-state index contributed by atoms with van der Waals surface area (Å²) in [6.07, 6.45) is 2.25. The lowest BCUT2D eigenvalue weighted by Crippen LogP contribution is -2.66. The van der Waals surface area contributed by atoms with Gasteiger partial charge in [0.05, 0.1) is 28.7 Å². The van der Waals surface area contributed by atoms with Crippen LogP contribution in [0.25, 0.3) is 11.3 Å². The van der Waals surface area contributed by atoms with Crippen LogP contribution in [0, 0.1) is 18.2 Å². The minimum absolute atomic E-state index is 0.0874. The normalized spacial score (nSPS) is 17.7. The molecule has 2 fully saturated rings. The predicted molar refractivity (Wildman–Crippen MR) is 139 cm³/mol. The van der Waals surface area contributed by atoms with E-state index in [1.54, 1.807) is 6.92 Å². The van der Waals surface area contributed by atoms with Gasteiger partial charge in [-0.3, -0.25) is 14.5 Å². The number of pyridine rings is 1. The van der Waals surface area contributed by atoms with Gasteiger partial charge in [-0.1, -0.05) is 11.6 Å². The Hall–Kier alpha value is -2.83. The molecule has 0 unspecified atom stereocenters. The van der Waals surface area contributed by atoms with Crippen molar-refractivity contribution in [3.8, 4) is 11.3 Å². The van der Waals surface area contributed by atoms with E-state index in [9.17, 15) is 22.0 Å². The fraction of sp³-hybridized carbons (Fsp3) is 0.333. The van der Waals surface area contributed by atoms with Crippen molar-refractivity contribution in [2.45, 2.75) is 25.7 Å². The number of hydrogen-bond donors (Lipinski definition) is 2. The molecule has 2 aliphatic rings. The highest BCUT2D eigenvalue weighted by Gasteiger charge is 2.61. The summed E-state index contributed by atoms with van der Waals surface area (Å²) >= 11 is 7.21. The van der Waals surface area contributed by atoms with Gasteiger partial charge < -0.3 is 10.2 Å². The van der Waals surface area contributed by atoms with Gasteiger partial charge in [0.1, 0.15) is 5.69 Å². The number of nitrogens with zero attached hydrogens (tertiary/aromatic N) is 2. The molecule has 1 aromatic carbocycles. The number of aryl methyl sites for hydroxylation is 1. The van der Waals surface area contributed by atoms with Crippen LogP contribution >= 0.6 is 22.9 Å². The molecule has 1 aliphatic heterocycles. The third-order valence-electron chi connectivity index (χ3n) is 6.37. The number of amides is 1. The molecule has 0 bridgehead atoms. The van der Waals surface area contributed by atoms with Crippen LogP contribution in [0.2, 0.25) is 5.02 Å². The van der Waals surface area contributed by atoms with E-state index in [0.717, 1.165) is 17.6 Å². The van der Waals surface area contributed by atoms with E-state index >= 15 is 4.39 Å². The zero-order chi connectivity index (χ0) is 26.8. The second kappa shape index (κ2) is 8.88. The summed E-state index contributed by atoms with van der Waals surface area (Å²) in [6.45, 7) is 2.65. The van der Waals surface area contributed by atoms with Crippen LogP contribution in [-0.2, 0) is 10.0 Å². The zero-order valence-corrected chi connectivity index (χ0v) is 22.1. The first-order valence-electron chi connectivity index (χ1n) is 11.2. The molecule has 3 aromatic rings. The smallest absolute Gasteiger partial charge is 0.265 e. The Morgan fingerprint density at radius 1 is 1.14 bits per heavy atom. The third kappa shape index (κ3) is 5.41. The van der Waals surface area contributed by atoms with E-state index < -0.39 is 27.7 Å². The number of rotatable bonds is 6. The molecular formula is C24H22ClF3N4O3S2. The number of hydrogen-bond acceptors (Lipinski definition) is 6. The van der Waals surface area contributed by atoms with Crippen molar-refractivity contribution in [2.75, 3.05) is 34.3 Å². The number of carbonyl (C=O) groups excluding carboxylic acids is 1. The maximum absolute atomic E-state index is 15.1. The molecule has 37 heavy (non-hydrogen) atoms. The quantitative estimate of drug-likeness (QED) is 0.393. The lowest BCUT2D eigenvalue weighted by Gasteiger charge is -2.59. The molecule has 1 amide bonds. The van der Waals surface area contributed by atoms with Crippen molar-refractivity contribution in [2.24, 2.45) is 5.41 Å². The molecule has 2 N–H and O–H groups in total. The fourth-order valence-electron chi connectivity index (χ4n) is 4.97. The van der Waals surface area contributed by atoms with Gasteiger partial charge in [0.25, 0.3) is 5.91 Å². The highest BCUT2D eigenvalue weighted by molar-refractivity contribution is 7.92. The number of thiophene rings is 1. The second-order valence-electron chi connectivity index (χ2n) is 9.73. The first-order chi connectivity index (χ1) is 17.2.